The fourth-order valence-electron chi connectivity index (χ4n) is 2.30. The molecular formula is C17H14Cl2N2O3S2. The van der Waals surface area contributed by atoms with Crippen molar-refractivity contribution in [1.82, 2.24) is 0 Å². The van der Waals surface area contributed by atoms with Crippen molar-refractivity contribution >= 4 is 71.9 Å². The smallest absolute Gasteiger partial charge is 0.265 e. The van der Waals surface area contributed by atoms with Gasteiger partial charge in [-0.3, -0.25) is 9.10 Å². The highest BCUT2D eigenvalue weighted by Gasteiger charge is 2.15. The van der Waals surface area contributed by atoms with E-state index in [1.165, 1.54) is 22.7 Å². The first kappa shape index (κ1) is 19.0. The van der Waals surface area contributed by atoms with Crippen molar-refractivity contribution in [3.63, 3.8) is 0 Å². The molecule has 0 unspecified atom stereocenters. The minimum Gasteiger partial charge on any atom is -0.321 e. The summed E-state index contributed by atoms with van der Waals surface area (Å²) in [7, 11) is -1.86. The fourth-order valence-corrected chi connectivity index (χ4v) is 4.03. The third kappa shape index (κ3) is 3.96. The lowest BCUT2D eigenvalue weighted by molar-refractivity contribution is 0.103. The zero-order valence-electron chi connectivity index (χ0n) is 13.8. The zero-order chi connectivity index (χ0) is 19.1. The van der Waals surface area contributed by atoms with E-state index < -0.39 is 10.0 Å². The number of fused-ring (bicyclic) bond motifs is 1. The molecule has 0 aliphatic rings. The molecule has 5 nitrogen and oxygen atoms in total. The van der Waals surface area contributed by atoms with Crippen LogP contribution >= 0.6 is 34.5 Å². The number of nitrogens with zero attached hydrogens (tertiary/aromatic N) is 1. The summed E-state index contributed by atoms with van der Waals surface area (Å²) in [5.74, 6) is -0.275. The molecule has 1 N–H and O–H groups in total. The van der Waals surface area contributed by atoms with Crippen LogP contribution in [0.2, 0.25) is 10.0 Å². The highest BCUT2D eigenvalue weighted by Crippen LogP contribution is 2.31. The number of carbonyl (C=O) groups excluding carboxylic acids is 1. The number of benzene rings is 2. The third-order valence-electron chi connectivity index (χ3n) is 3.76. The topological polar surface area (TPSA) is 66.5 Å². The summed E-state index contributed by atoms with van der Waals surface area (Å²) in [4.78, 5) is 13.0. The maximum absolute atomic E-state index is 12.5. The Hall–Kier alpha value is -1.80. The van der Waals surface area contributed by atoms with Gasteiger partial charge in [-0.05, 0) is 47.9 Å². The largest absolute Gasteiger partial charge is 0.321 e. The van der Waals surface area contributed by atoms with Crippen LogP contribution in [0.1, 0.15) is 9.67 Å². The van der Waals surface area contributed by atoms with Gasteiger partial charge < -0.3 is 5.32 Å². The van der Waals surface area contributed by atoms with Crippen molar-refractivity contribution in [2.45, 2.75) is 0 Å². The maximum Gasteiger partial charge on any atom is 0.265 e. The van der Waals surface area contributed by atoms with Crippen molar-refractivity contribution in [1.29, 1.82) is 0 Å². The van der Waals surface area contributed by atoms with Gasteiger partial charge in [0.1, 0.15) is 0 Å². The van der Waals surface area contributed by atoms with E-state index in [2.05, 4.69) is 5.32 Å². The Morgan fingerprint density at radius 1 is 1.08 bits per heavy atom. The van der Waals surface area contributed by atoms with E-state index in [4.69, 9.17) is 23.2 Å². The molecule has 0 bridgehead atoms. The molecule has 26 heavy (non-hydrogen) atoms. The van der Waals surface area contributed by atoms with Crippen LogP contribution in [0.3, 0.4) is 0 Å². The number of halogens is 2. The molecule has 9 heteroatoms. The number of nitrogens with one attached hydrogen (secondary N) is 1. The molecule has 0 radical (unpaired) electrons. The lowest BCUT2D eigenvalue weighted by atomic mass is 10.2. The van der Waals surface area contributed by atoms with Crippen LogP contribution in [-0.4, -0.2) is 27.6 Å². The second-order valence-electron chi connectivity index (χ2n) is 5.65. The molecule has 1 heterocycles. The lowest BCUT2D eigenvalue weighted by Crippen LogP contribution is -2.24. The number of amides is 1. The van der Waals surface area contributed by atoms with Gasteiger partial charge in [0.15, 0.2) is 0 Å². The van der Waals surface area contributed by atoms with E-state index in [0.29, 0.717) is 26.3 Å². The molecule has 3 rings (SSSR count). The summed E-state index contributed by atoms with van der Waals surface area (Å²) in [6.07, 6.45) is 1.14. The molecule has 0 atom stereocenters. The van der Waals surface area contributed by atoms with E-state index in [1.807, 2.05) is 0 Å². The molecule has 0 aliphatic heterocycles. The summed E-state index contributed by atoms with van der Waals surface area (Å²) in [6.45, 7) is 0. The molecule has 0 aliphatic carbocycles. The first-order chi connectivity index (χ1) is 12.1. The molecule has 1 amide bonds. The standard InChI is InChI=1S/C17H14Cl2N2O3S2/c1-21(26(2,23)24)12-4-6-15-10(7-12)8-16(25-15)17(22)20-11-3-5-13(18)14(19)9-11/h3-9H,1-2H3,(H,20,22). The van der Waals surface area contributed by atoms with Crippen LogP contribution < -0.4 is 9.62 Å². The summed E-state index contributed by atoms with van der Waals surface area (Å²) < 4.78 is 25.4. The summed E-state index contributed by atoms with van der Waals surface area (Å²) >= 11 is 13.1. The van der Waals surface area contributed by atoms with Crippen molar-refractivity contribution in [3.05, 3.63) is 57.4 Å². The van der Waals surface area contributed by atoms with Gasteiger partial charge in [0.25, 0.3) is 5.91 Å². The predicted octanol–water partition coefficient (Wildman–Crippen LogP) is 4.86. The molecule has 0 fully saturated rings. The minimum absolute atomic E-state index is 0.275. The van der Waals surface area contributed by atoms with E-state index in [-0.39, 0.29) is 5.91 Å². The average Bonchev–Trinajstić information content (AvgIpc) is 3.00. The van der Waals surface area contributed by atoms with E-state index in [1.54, 1.807) is 42.5 Å². The highest BCUT2D eigenvalue weighted by atomic mass is 35.5. The summed E-state index contributed by atoms with van der Waals surface area (Å²) in [6, 6.07) is 11.8. The van der Waals surface area contributed by atoms with Crippen molar-refractivity contribution in [2.75, 3.05) is 22.9 Å². The number of hydrogen-bond acceptors (Lipinski definition) is 4. The van der Waals surface area contributed by atoms with Crippen LogP contribution in [0, 0.1) is 0 Å². The van der Waals surface area contributed by atoms with E-state index in [0.717, 1.165) is 16.3 Å². The maximum atomic E-state index is 12.5. The van der Waals surface area contributed by atoms with Gasteiger partial charge >= 0.3 is 0 Å². The molecule has 3 aromatic rings. The fraction of sp³-hybridized carbons (Fsp3) is 0.118. The molecule has 2 aromatic carbocycles. The quantitative estimate of drug-likeness (QED) is 0.645. The monoisotopic (exact) mass is 428 g/mol. The number of carbonyl (C=O) groups is 1. The van der Waals surface area contributed by atoms with Gasteiger partial charge in [-0.25, -0.2) is 8.42 Å². The van der Waals surface area contributed by atoms with Crippen LogP contribution in [0.5, 0.6) is 0 Å². The Labute approximate surface area is 165 Å². The SMILES string of the molecule is CN(c1ccc2sc(C(=O)Nc3ccc(Cl)c(Cl)c3)cc2c1)S(C)(=O)=O. The first-order valence-corrected chi connectivity index (χ1v) is 10.8. The van der Waals surface area contributed by atoms with Crippen LogP contribution in [-0.2, 0) is 10.0 Å². The second-order valence-corrected chi connectivity index (χ2v) is 9.56. The van der Waals surface area contributed by atoms with Gasteiger partial charge in [-0.15, -0.1) is 11.3 Å². The average molecular weight is 429 g/mol. The Bertz CT molecular complexity index is 1110. The van der Waals surface area contributed by atoms with Gasteiger partial charge in [0.2, 0.25) is 10.0 Å². The van der Waals surface area contributed by atoms with Crippen LogP contribution in [0.15, 0.2) is 42.5 Å². The summed E-state index contributed by atoms with van der Waals surface area (Å²) in [5.41, 5.74) is 1.08. The van der Waals surface area contributed by atoms with Gasteiger partial charge in [-0.1, -0.05) is 23.2 Å². The van der Waals surface area contributed by atoms with Crippen LogP contribution in [0.25, 0.3) is 10.1 Å². The number of anilines is 2. The van der Waals surface area contributed by atoms with Gasteiger partial charge in [0, 0.05) is 17.4 Å². The van der Waals surface area contributed by atoms with E-state index >= 15 is 0 Å². The zero-order valence-corrected chi connectivity index (χ0v) is 16.9. The molecule has 0 saturated heterocycles. The summed E-state index contributed by atoms with van der Waals surface area (Å²) in [5, 5.41) is 4.33. The molecule has 0 spiro atoms. The predicted molar refractivity (Wildman–Crippen MR) is 109 cm³/mol. The number of thiophene rings is 1. The Balaban J connectivity index is 1.88. The first-order valence-electron chi connectivity index (χ1n) is 7.39. The normalized spacial score (nSPS) is 11.5. The van der Waals surface area contributed by atoms with Crippen molar-refractivity contribution in [2.24, 2.45) is 0 Å². The van der Waals surface area contributed by atoms with Crippen molar-refractivity contribution in [3.8, 4) is 0 Å². The number of hydrogen-bond donors (Lipinski definition) is 1. The Morgan fingerprint density at radius 3 is 2.46 bits per heavy atom. The number of sulfonamides is 1. The van der Waals surface area contributed by atoms with Crippen molar-refractivity contribution < 1.29 is 13.2 Å². The Morgan fingerprint density at radius 2 is 1.81 bits per heavy atom. The second kappa shape index (κ2) is 7.08. The number of rotatable bonds is 4. The highest BCUT2D eigenvalue weighted by molar-refractivity contribution is 7.92. The molecule has 0 saturated carbocycles. The molecule has 136 valence electrons. The lowest BCUT2D eigenvalue weighted by Gasteiger charge is -2.16. The van der Waals surface area contributed by atoms with Gasteiger partial charge in [0.05, 0.1) is 26.9 Å². The van der Waals surface area contributed by atoms with Crippen LogP contribution in [0.4, 0.5) is 11.4 Å². The van der Waals surface area contributed by atoms with E-state index in [9.17, 15) is 13.2 Å². The molecule has 1 aromatic heterocycles. The van der Waals surface area contributed by atoms with Gasteiger partial charge in [-0.2, -0.15) is 0 Å². The molecular weight excluding hydrogens is 415 g/mol. The third-order valence-corrected chi connectivity index (χ3v) is 6.82. The Kier molecular flexibility index (Phi) is 5.16. The minimum atomic E-state index is -3.35.